The Hall–Kier alpha value is -2.31. The van der Waals surface area contributed by atoms with Gasteiger partial charge in [0.25, 0.3) is 0 Å². The molecule has 1 atom stereocenters. The van der Waals surface area contributed by atoms with E-state index in [0.29, 0.717) is 5.92 Å². The van der Waals surface area contributed by atoms with Crippen LogP contribution >= 0.6 is 24.8 Å². The summed E-state index contributed by atoms with van der Waals surface area (Å²) < 4.78 is 3.34. The molecule has 2 aliphatic carbocycles. The van der Waals surface area contributed by atoms with Crippen molar-refractivity contribution in [3.63, 3.8) is 0 Å². The fraction of sp³-hybridized carbons (Fsp3) is 0.408. The number of rotatable bonds is 0. The normalized spacial score (nSPS) is 13.9. The molecule has 3 heteroatoms. The van der Waals surface area contributed by atoms with Crippen molar-refractivity contribution in [2.24, 2.45) is 5.92 Å². The Labute approximate surface area is 347 Å². The number of halogens is 2. The zero-order valence-corrected chi connectivity index (χ0v) is 38.6. The molecule has 1 unspecified atom stereocenters. The van der Waals surface area contributed by atoms with Gasteiger partial charge in [0.15, 0.2) is 0 Å². The summed E-state index contributed by atoms with van der Waals surface area (Å²) in [6, 6.07) is 37.5. The summed E-state index contributed by atoms with van der Waals surface area (Å²) in [5.74, 6) is 0.556. The average molecular weight is 815 g/mol. The predicted octanol–water partition coefficient (Wildman–Crippen LogP) is 14.0. The molecule has 0 saturated heterocycles. The van der Waals surface area contributed by atoms with Gasteiger partial charge in [-0.2, -0.15) is 102 Å². The van der Waals surface area contributed by atoms with Crippen molar-refractivity contribution in [2.45, 2.75) is 125 Å². The fourth-order valence-corrected chi connectivity index (χ4v) is 5.56. The average Bonchev–Trinajstić information content (AvgIpc) is 3.62. The molecular weight excluding hydrogens is 751 g/mol. The van der Waals surface area contributed by atoms with E-state index in [1.165, 1.54) is 74.3 Å². The Bertz CT molecular complexity index is 1580. The second-order valence-electron chi connectivity index (χ2n) is 17.4. The standard InChI is InChI=1S/C21H25.2C10H13.C7H9.CH2.2ClH.Zr/c1-20(2,3)16-7-9-18-14(12-16)11-15-13-17(21(4,5)6)8-10-19(15)18;2*1-10(2,3)9-7-5-4-6-8-9;1-6-3-4-7(2)5-6;;;;/h7-10,12H,11H2,1-6H3;2*5-8H,1-3H3;3,5,7H,1-2H3;1H2;2*1H;/q4*-1;;;;. The molecule has 4 aromatic carbocycles. The fourth-order valence-electron chi connectivity index (χ4n) is 5.56. The minimum absolute atomic E-state index is 0. The molecule has 0 aromatic heterocycles. The SMILES string of the molecule is CC(C)(C)c1[c-]c2c(cc1)-c1ccc(C(C)(C)C)cc1C2.CC(C)(C)c1cc[c-]cc1.CC(C)(C)c1cc[c-]cc1.CC1=CC(C)[C-]=C1.Cl.Cl.[CH2]=[Zr]. The quantitative estimate of drug-likeness (QED) is 0.137. The van der Waals surface area contributed by atoms with Gasteiger partial charge in [0.05, 0.1) is 0 Å². The van der Waals surface area contributed by atoms with Crippen LogP contribution in [-0.4, -0.2) is 4.21 Å². The number of fused-ring (bicyclic) bond motifs is 3. The van der Waals surface area contributed by atoms with Crippen LogP contribution in [0, 0.1) is 30.2 Å². The van der Waals surface area contributed by atoms with Gasteiger partial charge in [-0.3, -0.25) is 6.08 Å². The first-order chi connectivity index (χ1) is 23.2. The molecule has 0 aliphatic heterocycles. The van der Waals surface area contributed by atoms with Crippen LogP contribution in [0.2, 0.25) is 0 Å². The van der Waals surface area contributed by atoms with E-state index in [9.17, 15) is 0 Å². The van der Waals surface area contributed by atoms with Crippen LogP contribution in [0.4, 0.5) is 0 Å². The summed E-state index contributed by atoms with van der Waals surface area (Å²) in [5.41, 5.74) is 13.3. The van der Waals surface area contributed by atoms with Crippen LogP contribution in [0.15, 0.2) is 96.6 Å². The predicted molar refractivity (Wildman–Crippen MR) is 231 cm³/mol. The van der Waals surface area contributed by atoms with E-state index in [0.717, 1.165) is 6.42 Å². The van der Waals surface area contributed by atoms with Gasteiger partial charge in [-0.1, -0.05) is 120 Å². The third-order valence-electron chi connectivity index (χ3n) is 8.72. The van der Waals surface area contributed by atoms with Gasteiger partial charge in [-0.25, -0.2) is 11.6 Å². The zero-order chi connectivity index (χ0) is 37.9. The maximum atomic E-state index is 3.67. The van der Waals surface area contributed by atoms with Crippen LogP contribution in [0.3, 0.4) is 0 Å². The molecule has 0 N–H and O–H groups in total. The van der Waals surface area contributed by atoms with Gasteiger partial charge in [0.1, 0.15) is 0 Å². The molecule has 0 spiro atoms. The molecule has 0 bridgehead atoms. The van der Waals surface area contributed by atoms with E-state index >= 15 is 0 Å². The Morgan fingerprint density at radius 3 is 1.37 bits per heavy atom. The van der Waals surface area contributed by atoms with Crippen molar-refractivity contribution in [1.29, 1.82) is 0 Å². The van der Waals surface area contributed by atoms with Crippen molar-refractivity contribution in [3.05, 3.63) is 154 Å². The molecule has 0 nitrogen and oxygen atoms in total. The molecule has 0 amide bonds. The number of hydrogen-bond donors (Lipinski definition) is 0. The molecule has 4 aromatic rings. The number of benzene rings is 4. The molecular formula is C49H64Cl2Zr-4. The van der Waals surface area contributed by atoms with Crippen molar-refractivity contribution in [1.82, 2.24) is 0 Å². The van der Waals surface area contributed by atoms with E-state index < -0.39 is 0 Å². The van der Waals surface area contributed by atoms with Crippen LogP contribution < -0.4 is 0 Å². The molecule has 282 valence electrons. The van der Waals surface area contributed by atoms with Crippen molar-refractivity contribution >= 4 is 29.0 Å². The van der Waals surface area contributed by atoms with Gasteiger partial charge < -0.3 is 0 Å². The third kappa shape index (κ3) is 16.0. The summed E-state index contributed by atoms with van der Waals surface area (Å²) in [6.07, 6.45) is 8.40. The van der Waals surface area contributed by atoms with E-state index in [2.05, 4.69) is 186 Å². The van der Waals surface area contributed by atoms with Crippen molar-refractivity contribution in [2.75, 3.05) is 0 Å². The van der Waals surface area contributed by atoms with E-state index in [1.54, 1.807) is 0 Å². The van der Waals surface area contributed by atoms with Crippen LogP contribution in [0.1, 0.15) is 130 Å². The van der Waals surface area contributed by atoms with Crippen LogP contribution in [-0.2, 0) is 52.3 Å². The molecule has 52 heavy (non-hydrogen) atoms. The Morgan fingerprint density at radius 1 is 0.596 bits per heavy atom. The number of hydrogen-bond acceptors (Lipinski definition) is 0. The molecule has 6 rings (SSSR count). The van der Waals surface area contributed by atoms with E-state index in [4.69, 9.17) is 0 Å². The second-order valence-corrected chi connectivity index (χ2v) is 17.4. The summed E-state index contributed by atoms with van der Waals surface area (Å²) in [5, 5.41) is 0. The zero-order valence-electron chi connectivity index (χ0n) is 34.5. The molecule has 0 radical (unpaired) electrons. The Kier molecular flexibility index (Phi) is 20.6. The minimum atomic E-state index is 0. The van der Waals surface area contributed by atoms with Gasteiger partial charge in [0, 0.05) is 0 Å². The van der Waals surface area contributed by atoms with Crippen LogP contribution in [0.5, 0.6) is 0 Å². The topological polar surface area (TPSA) is 0 Å². The van der Waals surface area contributed by atoms with Gasteiger partial charge in [0.2, 0.25) is 0 Å². The van der Waals surface area contributed by atoms with Gasteiger partial charge in [-0.15, -0.1) is 42.9 Å². The maximum absolute atomic E-state index is 3.67. The first-order valence-corrected chi connectivity index (χ1v) is 19.7. The van der Waals surface area contributed by atoms with Gasteiger partial charge >= 0.3 is 28.4 Å². The molecule has 0 heterocycles. The van der Waals surface area contributed by atoms with Crippen LogP contribution in [0.25, 0.3) is 11.1 Å². The summed E-state index contributed by atoms with van der Waals surface area (Å²) >= 11 is 1.30. The van der Waals surface area contributed by atoms with E-state index in [-0.39, 0.29) is 46.5 Å². The van der Waals surface area contributed by atoms with E-state index in [1.807, 2.05) is 30.3 Å². The Balaban J connectivity index is 0.000000711. The summed E-state index contributed by atoms with van der Waals surface area (Å²) in [6.45, 7) is 31.1. The third-order valence-corrected chi connectivity index (χ3v) is 8.72. The van der Waals surface area contributed by atoms with Gasteiger partial charge in [-0.05, 0) is 39.2 Å². The monoisotopic (exact) mass is 812 g/mol. The van der Waals surface area contributed by atoms with Crippen molar-refractivity contribution < 1.29 is 24.2 Å². The molecule has 0 saturated carbocycles. The Morgan fingerprint density at radius 2 is 1.04 bits per heavy atom. The molecule has 0 fully saturated rings. The summed E-state index contributed by atoms with van der Waals surface area (Å²) in [4.78, 5) is 0. The summed E-state index contributed by atoms with van der Waals surface area (Å²) in [7, 11) is 0. The molecule has 2 aliphatic rings. The first kappa shape index (κ1) is 49.7. The number of allylic oxidation sites excluding steroid dienone is 4. The second kappa shape index (κ2) is 21.5. The first-order valence-electron chi connectivity index (χ1n) is 17.9. The van der Waals surface area contributed by atoms with Crippen molar-refractivity contribution in [3.8, 4) is 11.1 Å².